The van der Waals surface area contributed by atoms with Gasteiger partial charge >= 0.3 is 0 Å². The molecule has 0 saturated carbocycles. The zero-order valence-corrected chi connectivity index (χ0v) is 15.7. The van der Waals surface area contributed by atoms with Crippen LogP contribution in [0.1, 0.15) is 21.1 Å². The molecule has 0 fully saturated rings. The number of aryl methyl sites for hydroxylation is 1. The molecule has 0 N–H and O–H groups in total. The molecule has 0 radical (unpaired) electrons. The molecular weight excluding hydrogens is 358 g/mol. The van der Waals surface area contributed by atoms with Gasteiger partial charge in [0.15, 0.2) is 11.5 Å². The third-order valence-corrected chi connectivity index (χ3v) is 5.27. The van der Waals surface area contributed by atoms with Crippen LogP contribution in [0.4, 0.5) is 0 Å². The standard InChI is InChI=1S/C21H19N3O2S/c1-23-11-5-9-17(23)14-24(15-18-10-6-12-27-18)21(25)19-13-20(26-22-19)16-7-3-2-4-8-16/h2-13H,14-15H2,1H3. The van der Waals surface area contributed by atoms with Crippen LogP contribution in [-0.4, -0.2) is 20.5 Å². The molecule has 0 bridgehead atoms. The maximum atomic E-state index is 13.2. The molecule has 0 aliphatic rings. The van der Waals surface area contributed by atoms with E-state index >= 15 is 0 Å². The highest BCUT2D eigenvalue weighted by atomic mass is 32.1. The van der Waals surface area contributed by atoms with Crippen LogP contribution in [0.5, 0.6) is 0 Å². The zero-order chi connectivity index (χ0) is 18.6. The van der Waals surface area contributed by atoms with Crippen LogP contribution < -0.4 is 0 Å². The lowest BCUT2D eigenvalue weighted by Crippen LogP contribution is -2.30. The van der Waals surface area contributed by atoms with E-state index in [1.807, 2.05) is 77.8 Å². The first-order valence-electron chi connectivity index (χ1n) is 8.65. The molecule has 3 aromatic heterocycles. The first-order valence-corrected chi connectivity index (χ1v) is 9.52. The van der Waals surface area contributed by atoms with Gasteiger partial charge in [-0.15, -0.1) is 11.3 Å². The van der Waals surface area contributed by atoms with Crippen LogP contribution >= 0.6 is 11.3 Å². The van der Waals surface area contributed by atoms with Gasteiger partial charge in [-0.25, -0.2) is 0 Å². The van der Waals surface area contributed by atoms with E-state index in [0.717, 1.165) is 16.1 Å². The summed E-state index contributed by atoms with van der Waals surface area (Å²) >= 11 is 1.64. The largest absolute Gasteiger partial charge is 0.355 e. The van der Waals surface area contributed by atoms with Crippen molar-refractivity contribution in [3.63, 3.8) is 0 Å². The van der Waals surface area contributed by atoms with Crippen molar-refractivity contribution in [1.82, 2.24) is 14.6 Å². The minimum atomic E-state index is -0.143. The minimum absolute atomic E-state index is 0.143. The van der Waals surface area contributed by atoms with Crippen molar-refractivity contribution in [2.75, 3.05) is 0 Å². The Bertz CT molecular complexity index is 1020. The molecular formula is C21H19N3O2S. The Hall–Kier alpha value is -3.12. The van der Waals surface area contributed by atoms with E-state index in [-0.39, 0.29) is 5.91 Å². The van der Waals surface area contributed by atoms with Gasteiger partial charge in [0.2, 0.25) is 0 Å². The molecule has 0 aliphatic heterocycles. The Balaban J connectivity index is 1.60. The molecule has 0 saturated heterocycles. The van der Waals surface area contributed by atoms with Crippen LogP contribution in [0.15, 0.2) is 76.8 Å². The predicted octanol–water partition coefficient (Wildman–Crippen LogP) is 4.58. The number of nitrogens with zero attached hydrogens (tertiary/aromatic N) is 3. The van der Waals surface area contributed by atoms with Crippen molar-refractivity contribution >= 4 is 17.2 Å². The van der Waals surface area contributed by atoms with Gasteiger partial charge in [0.25, 0.3) is 5.91 Å². The van der Waals surface area contributed by atoms with E-state index in [1.165, 1.54) is 0 Å². The average Bonchev–Trinajstić information content (AvgIpc) is 3.44. The smallest absolute Gasteiger partial charge is 0.276 e. The van der Waals surface area contributed by atoms with Gasteiger partial charge in [-0.05, 0) is 23.6 Å². The number of hydrogen-bond donors (Lipinski definition) is 0. The van der Waals surface area contributed by atoms with Gasteiger partial charge in [0.1, 0.15) is 0 Å². The van der Waals surface area contributed by atoms with Crippen LogP contribution in [0.2, 0.25) is 0 Å². The fourth-order valence-electron chi connectivity index (χ4n) is 2.92. The molecule has 4 rings (SSSR count). The summed E-state index contributed by atoms with van der Waals surface area (Å²) in [5.41, 5.74) is 2.28. The molecule has 136 valence electrons. The first kappa shape index (κ1) is 17.3. The zero-order valence-electron chi connectivity index (χ0n) is 14.9. The second-order valence-electron chi connectivity index (χ2n) is 6.29. The third-order valence-electron chi connectivity index (χ3n) is 4.41. The van der Waals surface area contributed by atoms with Crippen molar-refractivity contribution in [2.45, 2.75) is 13.1 Å². The molecule has 1 aromatic carbocycles. The molecule has 1 amide bonds. The lowest BCUT2D eigenvalue weighted by molar-refractivity contribution is 0.0718. The van der Waals surface area contributed by atoms with E-state index < -0.39 is 0 Å². The minimum Gasteiger partial charge on any atom is -0.355 e. The summed E-state index contributed by atoms with van der Waals surface area (Å²) in [6.45, 7) is 1.04. The molecule has 6 heteroatoms. The number of amides is 1. The molecule has 27 heavy (non-hydrogen) atoms. The highest BCUT2D eigenvalue weighted by Crippen LogP contribution is 2.22. The van der Waals surface area contributed by atoms with Crippen molar-refractivity contribution in [2.24, 2.45) is 7.05 Å². The summed E-state index contributed by atoms with van der Waals surface area (Å²) in [6.07, 6.45) is 1.98. The SMILES string of the molecule is Cn1cccc1CN(Cc1cccs1)C(=O)c1cc(-c2ccccc2)on1. The molecule has 0 unspecified atom stereocenters. The van der Waals surface area contributed by atoms with Crippen molar-refractivity contribution in [1.29, 1.82) is 0 Å². The van der Waals surface area contributed by atoms with E-state index in [0.29, 0.717) is 24.5 Å². The van der Waals surface area contributed by atoms with Gasteiger partial charge < -0.3 is 14.0 Å². The van der Waals surface area contributed by atoms with Crippen LogP contribution in [-0.2, 0) is 20.1 Å². The maximum absolute atomic E-state index is 13.2. The topological polar surface area (TPSA) is 51.3 Å². The summed E-state index contributed by atoms with van der Waals surface area (Å²) in [5.74, 6) is 0.449. The number of hydrogen-bond acceptors (Lipinski definition) is 4. The van der Waals surface area contributed by atoms with E-state index in [9.17, 15) is 4.79 Å². The van der Waals surface area contributed by atoms with Crippen molar-refractivity contribution < 1.29 is 9.32 Å². The van der Waals surface area contributed by atoms with E-state index in [4.69, 9.17) is 4.52 Å². The van der Waals surface area contributed by atoms with Crippen molar-refractivity contribution in [3.05, 3.63) is 88.5 Å². The quantitative estimate of drug-likeness (QED) is 0.494. The van der Waals surface area contributed by atoms with Gasteiger partial charge in [-0.2, -0.15) is 0 Å². The van der Waals surface area contributed by atoms with E-state index in [2.05, 4.69) is 5.16 Å². The summed E-state index contributed by atoms with van der Waals surface area (Å²) in [6, 6.07) is 19.4. The molecule has 3 heterocycles. The number of rotatable bonds is 6. The maximum Gasteiger partial charge on any atom is 0.276 e. The fourth-order valence-corrected chi connectivity index (χ4v) is 3.64. The van der Waals surface area contributed by atoms with Crippen LogP contribution in [0.25, 0.3) is 11.3 Å². The highest BCUT2D eigenvalue weighted by Gasteiger charge is 2.22. The molecule has 0 atom stereocenters. The second-order valence-corrected chi connectivity index (χ2v) is 7.33. The summed E-state index contributed by atoms with van der Waals surface area (Å²) in [5, 5.41) is 6.04. The Kier molecular flexibility index (Phi) is 4.89. The lowest BCUT2D eigenvalue weighted by atomic mass is 10.1. The lowest BCUT2D eigenvalue weighted by Gasteiger charge is -2.21. The molecule has 5 nitrogen and oxygen atoms in total. The Morgan fingerprint density at radius 3 is 2.67 bits per heavy atom. The van der Waals surface area contributed by atoms with Crippen molar-refractivity contribution in [3.8, 4) is 11.3 Å². The van der Waals surface area contributed by atoms with Crippen LogP contribution in [0, 0.1) is 0 Å². The summed E-state index contributed by atoms with van der Waals surface area (Å²) in [7, 11) is 1.98. The number of benzene rings is 1. The van der Waals surface area contributed by atoms with E-state index in [1.54, 1.807) is 22.3 Å². The number of thiophene rings is 1. The van der Waals surface area contributed by atoms with Gasteiger partial charge in [-0.3, -0.25) is 4.79 Å². The summed E-state index contributed by atoms with van der Waals surface area (Å²) in [4.78, 5) is 16.1. The molecule has 4 aromatic rings. The monoisotopic (exact) mass is 377 g/mol. The second kappa shape index (κ2) is 7.63. The number of carbonyl (C=O) groups excluding carboxylic acids is 1. The third kappa shape index (κ3) is 3.85. The van der Waals surface area contributed by atoms with Gasteiger partial charge in [-0.1, -0.05) is 41.6 Å². The average molecular weight is 377 g/mol. The number of aromatic nitrogens is 2. The van der Waals surface area contributed by atoms with Gasteiger partial charge in [0, 0.05) is 35.4 Å². The Labute approximate surface area is 161 Å². The normalized spacial score (nSPS) is 10.9. The Morgan fingerprint density at radius 2 is 1.96 bits per heavy atom. The first-order chi connectivity index (χ1) is 13.2. The molecule has 0 spiro atoms. The highest BCUT2D eigenvalue weighted by molar-refractivity contribution is 7.09. The predicted molar refractivity (Wildman–Crippen MR) is 105 cm³/mol. The van der Waals surface area contributed by atoms with Gasteiger partial charge in [0.05, 0.1) is 13.1 Å². The molecule has 0 aliphatic carbocycles. The van der Waals surface area contributed by atoms with Crippen LogP contribution in [0.3, 0.4) is 0 Å². The fraction of sp³-hybridized carbons (Fsp3) is 0.143. The summed E-state index contributed by atoms with van der Waals surface area (Å²) < 4.78 is 7.44. The Morgan fingerprint density at radius 1 is 1.11 bits per heavy atom. The number of carbonyl (C=O) groups is 1.